The van der Waals surface area contributed by atoms with Crippen LogP contribution in [0.5, 0.6) is 0 Å². The molecule has 1 unspecified atom stereocenters. The Morgan fingerprint density at radius 1 is 0.839 bits per heavy atom. The van der Waals surface area contributed by atoms with Crippen LogP contribution < -0.4 is 0 Å². The minimum Gasteiger partial charge on any atom is -0.480 e. The first-order valence-corrected chi connectivity index (χ1v) is 11.0. The third-order valence-electron chi connectivity index (χ3n) is 6.63. The number of carboxylic acids is 1. The van der Waals surface area contributed by atoms with Gasteiger partial charge in [-0.15, -0.1) is 0 Å². The van der Waals surface area contributed by atoms with Crippen molar-refractivity contribution in [2.24, 2.45) is 0 Å². The molecule has 1 N–H and O–H groups in total. The van der Waals surface area contributed by atoms with Crippen molar-refractivity contribution in [1.29, 1.82) is 0 Å². The van der Waals surface area contributed by atoms with E-state index >= 15 is 0 Å². The summed E-state index contributed by atoms with van der Waals surface area (Å²) in [4.78, 5) is 14.0. The predicted octanol–water partition coefficient (Wildman–Crippen LogP) is 4.40. The van der Waals surface area contributed by atoms with Gasteiger partial charge < -0.3 is 9.84 Å². The molecule has 0 bridgehead atoms. The van der Waals surface area contributed by atoms with Crippen LogP contribution in [0.4, 0.5) is 0 Å². The van der Waals surface area contributed by atoms with Gasteiger partial charge in [-0.1, -0.05) is 72.8 Å². The molecule has 0 saturated heterocycles. The molecular formula is C27H27NO3. The van der Waals surface area contributed by atoms with E-state index in [0.717, 1.165) is 18.4 Å². The number of rotatable bonds is 5. The van der Waals surface area contributed by atoms with Crippen LogP contribution >= 0.6 is 0 Å². The fourth-order valence-electron chi connectivity index (χ4n) is 5.00. The molecule has 158 valence electrons. The summed E-state index contributed by atoms with van der Waals surface area (Å²) in [6, 6.07) is 24.7. The van der Waals surface area contributed by atoms with Crippen molar-refractivity contribution >= 4 is 5.97 Å². The van der Waals surface area contributed by atoms with Crippen LogP contribution in [0.2, 0.25) is 0 Å². The van der Waals surface area contributed by atoms with Gasteiger partial charge >= 0.3 is 5.97 Å². The van der Waals surface area contributed by atoms with E-state index in [9.17, 15) is 9.90 Å². The van der Waals surface area contributed by atoms with Crippen LogP contribution in [-0.4, -0.2) is 35.2 Å². The molecule has 4 heteroatoms. The van der Waals surface area contributed by atoms with Crippen molar-refractivity contribution in [3.8, 4) is 0 Å². The number of hydrogen-bond acceptors (Lipinski definition) is 3. The zero-order valence-electron chi connectivity index (χ0n) is 17.5. The molecule has 0 radical (unpaired) electrons. The van der Waals surface area contributed by atoms with Crippen LogP contribution in [0.25, 0.3) is 0 Å². The van der Waals surface area contributed by atoms with E-state index in [2.05, 4.69) is 54.6 Å². The second-order valence-corrected chi connectivity index (χ2v) is 8.45. The number of aliphatic carboxylic acids is 1. The normalized spacial score (nSPS) is 18.5. The van der Waals surface area contributed by atoms with Gasteiger partial charge in [0.05, 0.1) is 6.61 Å². The summed E-state index contributed by atoms with van der Waals surface area (Å²) >= 11 is 0. The first-order chi connectivity index (χ1) is 15.2. The highest BCUT2D eigenvalue weighted by molar-refractivity contribution is 5.74. The average molecular weight is 414 g/mol. The number of carbonyl (C=O) groups is 1. The number of hydrogen-bond donors (Lipinski definition) is 1. The SMILES string of the molecule is O=C(O)C1Cc2ccccc2CN1CCOC1c2ccccc2CCc2ccccc21. The number of carboxylic acid groups (broad SMARTS) is 1. The molecule has 0 spiro atoms. The Balaban J connectivity index is 1.36. The summed E-state index contributed by atoms with van der Waals surface area (Å²) in [5.41, 5.74) is 7.47. The molecule has 1 aliphatic carbocycles. The molecule has 1 heterocycles. The first-order valence-electron chi connectivity index (χ1n) is 11.0. The molecule has 3 aromatic rings. The summed E-state index contributed by atoms with van der Waals surface area (Å²) in [5.74, 6) is -0.764. The smallest absolute Gasteiger partial charge is 0.321 e. The van der Waals surface area contributed by atoms with Crippen LogP contribution in [0, 0.1) is 0 Å². The molecule has 2 aliphatic rings. The molecule has 3 aromatic carbocycles. The lowest BCUT2D eigenvalue weighted by molar-refractivity contribution is -0.144. The highest BCUT2D eigenvalue weighted by Gasteiger charge is 2.31. The first kappa shape index (κ1) is 20.0. The van der Waals surface area contributed by atoms with Gasteiger partial charge in [-0.2, -0.15) is 0 Å². The summed E-state index contributed by atoms with van der Waals surface area (Å²) < 4.78 is 6.50. The molecule has 1 aliphatic heterocycles. The van der Waals surface area contributed by atoms with Crippen molar-refractivity contribution in [1.82, 2.24) is 4.90 Å². The highest BCUT2D eigenvalue weighted by atomic mass is 16.5. The molecule has 0 amide bonds. The second-order valence-electron chi connectivity index (χ2n) is 8.45. The van der Waals surface area contributed by atoms with Crippen molar-refractivity contribution in [3.05, 3.63) is 106 Å². The summed E-state index contributed by atoms with van der Waals surface area (Å²) in [6.07, 6.45) is 2.45. The Labute approximate surface area is 183 Å². The largest absolute Gasteiger partial charge is 0.480 e. The maximum Gasteiger partial charge on any atom is 0.321 e. The molecular weight excluding hydrogens is 386 g/mol. The molecule has 5 rings (SSSR count). The van der Waals surface area contributed by atoms with Crippen LogP contribution in [-0.2, 0) is 35.3 Å². The maximum atomic E-state index is 11.9. The summed E-state index contributed by atoms with van der Waals surface area (Å²) in [7, 11) is 0. The van der Waals surface area contributed by atoms with Crippen molar-refractivity contribution in [2.45, 2.75) is 38.0 Å². The Hall–Kier alpha value is -2.95. The number of ether oxygens (including phenoxy) is 1. The van der Waals surface area contributed by atoms with E-state index in [4.69, 9.17) is 4.74 Å². The number of benzene rings is 3. The standard InChI is InChI=1S/C27H27NO3/c29-27(30)25-17-21-9-1-2-10-22(21)18-28(25)15-16-31-26-23-11-5-3-7-19(23)13-14-20-8-4-6-12-24(20)26/h1-12,25-26H,13-18H2,(H,29,30). The van der Waals surface area contributed by atoms with Crippen molar-refractivity contribution in [2.75, 3.05) is 13.2 Å². The van der Waals surface area contributed by atoms with E-state index in [1.165, 1.54) is 27.8 Å². The maximum absolute atomic E-state index is 11.9. The minimum atomic E-state index is -0.764. The van der Waals surface area contributed by atoms with E-state index in [1.807, 2.05) is 23.1 Å². The van der Waals surface area contributed by atoms with Crippen LogP contribution in [0.1, 0.15) is 39.5 Å². The lowest BCUT2D eigenvalue weighted by Gasteiger charge is -2.34. The Kier molecular flexibility index (Phi) is 5.58. The van der Waals surface area contributed by atoms with E-state index in [-0.39, 0.29) is 6.10 Å². The zero-order chi connectivity index (χ0) is 21.2. The predicted molar refractivity (Wildman–Crippen MR) is 120 cm³/mol. The molecule has 1 atom stereocenters. The van der Waals surface area contributed by atoms with E-state index in [1.54, 1.807) is 0 Å². The lowest BCUT2D eigenvalue weighted by atomic mass is 9.94. The molecule has 31 heavy (non-hydrogen) atoms. The Morgan fingerprint density at radius 3 is 2.00 bits per heavy atom. The summed E-state index contributed by atoms with van der Waals surface area (Å²) in [5, 5.41) is 9.80. The molecule has 0 fully saturated rings. The third-order valence-corrected chi connectivity index (χ3v) is 6.63. The molecule has 0 aromatic heterocycles. The van der Waals surface area contributed by atoms with Crippen LogP contribution in [0.3, 0.4) is 0 Å². The van der Waals surface area contributed by atoms with Crippen molar-refractivity contribution in [3.63, 3.8) is 0 Å². The van der Waals surface area contributed by atoms with Gasteiger partial charge in [0.2, 0.25) is 0 Å². The summed E-state index contributed by atoms with van der Waals surface area (Å²) in [6.45, 7) is 1.72. The third kappa shape index (κ3) is 4.01. The number of fused-ring (bicyclic) bond motifs is 3. The number of nitrogens with zero attached hydrogens (tertiary/aromatic N) is 1. The van der Waals surface area contributed by atoms with Crippen molar-refractivity contribution < 1.29 is 14.6 Å². The van der Waals surface area contributed by atoms with Gasteiger partial charge in [-0.3, -0.25) is 9.69 Å². The average Bonchev–Trinajstić information content (AvgIpc) is 2.96. The molecule has 0 saturated carbocycles. The Morgan fingerprint density at radius 2 is 1.39 bits per heavy atom. The van der Waals surface area contributed by atoms with Gasteiger partial charge in [0.25, 0.3) is 0 Å². The van der Waals surface area contributed by atoms with E-state index in [0.29, 0.717) is 26.1 Å². The number of aryl methyl sites for hydroxylation is 2. The van der Waals surface area contributed by atoms with Gasteiger partial charge in [0.15, 0.2) is 0 Å². The minimum absolute atomic E-state index is 0.116. The Bertz CT molecular complexity index is 1050. The van der Waals surface area contributed by atoms with Crippen LogP contribution in [0.15, 0.2) is 72.8 Å². The van der Waals surface area contributed by atoms with E-state index < -0.39 is 12.0 Å². The van der Waals surface area contributed by atoms with Gasteiger partial charge in [-0.25, -0.2) is 0 Å². The zero-order valence-corrected chi connectivity index (χ0v) is 17.5. The molecule has 4 nitrogen and oxygen atoms in total. The monoisotopic (exact) mass is 413 g/mol. The quantitative estimate of drug-likeness (QED) is 0.674. The van der Waals surface area contributed by atoms with Gasteiger partial charge in [-0.05, 0) is 52.6 Å². The fraction of sp³-hybridized carbons (Fsp3) is 0.296. The topological polar surface area (TPSA) is 49.8 Å². The fourth-order valence-corrected chi connectivity index (χ4v) is 5.00. The van der Waals surface area contributed by atoms with Gasteiger partial charge in [0, 0.05) is 13.1 Å². The van der Waals surface area contributed by atoms with Gasteiger partial charge in [0.1, 0.15) is 12.1 Å². The lowest BCUT2D eigenvalue weighted by Crippen LogP contribution is -2.46. The highest BCUT2D eigenvalue weighted by Crippen LogP contribution is 2.35. The second kappa shape index (κ2) is 8.66.